The fraction of sp³-hybridized carbons (Fsp3) is 0.375. The third-order valence-electron chi connectivity index (χ3n) is 1.64. The Hall–Kier alpha value is -0.350. The summed E-state index contributed by atoms with van der Waals surface area (Å²) in [4.78, 5) is 12.5. The number of hydrogen-bond donors (Lipinski definition) is 1. The van der Waals surface area contributed by atoms with Gasteiger partial charge in [0.15, 0.2) is 0 Å². The second kappa shape index (κ2) is 3.58. The number of carboxylic acid groups (broad SMARTS) is 1. The lowest BCUT2D eigenvalue weighted by Gasteiger charge is -1.93. The van der Waals surface area contributed by atoms with Crippen LogP contribution in [0.4, 0.5) is 0 Å². The number of aryl methyl sites for hydroxylation is 1. The second-order valence-electron chi connectivity index (χ2n) is 2.59. The summed E-state index contributed by atoms with van der Waals surface area (Å²) in [6, 6.07) is 0. The van der Waals surface area contributed by atoms with Gasteiger partial charge >= 0.3 is 5.97 Å². The Morgan fingerprint density at radius 1 is 1.58 bits per heavy atom. The molecule has 66 valence electrons. The molecule has 1 heterocycles. The number of carbonyl (C=O) groups is 1. The van der Waals surface area contributed by atoms with E-state index in [2.05, 4.69) is 15.9 Å². The molecule has 0 saturated heterocycles. The van der Waals surface area contributed by atoms with Crippen molar-refractivity contribution in [2.45, 2.75) is 20.3 Å². The van der Waals surface area contributed by atoms with Crippen molar-refractivity contribution in [1.29, 1.82) is 0 Å². The summed E-state index contributed by atoms with van der Waals surface area (Å²) in [5.41, 5.74) is 1.06. The smallest absolute Gasteiger partial charge is 0.308 e. The molecule has 1 aromatic heterocycles. The summed E-state index contributed by atoms with van der Waals surface area (Å²) < 4.78 is 1.05. The van der Waals surface area contributed by atoms with E-state index < -0.39 is 5.97 Å². The third kappa shape index (κ3) is 1.87. The van der Waals surface area contributed by atoms with Crippen LogP contribution < -0.4 is 0 Å². The first-order valence-electron chi connectivity index (χ1n) is 3.48. The Bertz CT molecular complexity index is 317. The highest BCUT2D eigenvalue weighted by Crippen LogP contribution is 2.32. The van der Waals surface area contributed by atoms with Gasteiger partial charge in [-0.2, -0.15) is 0 Å². The standard InChI is InChI=1S/C8H9BrO2S/c1-4-6(3-7(10)11)12-5(2)8(4)9/h3H2,1-2H3,(H,10,11). The minimum Gasteiger partial charge on any atom is -0.481 e. The summed E-state index contributed by atoms with van der Waals surface area (Å²) in [6.07, 6.45) is 0.128. The van der Waals surface area contributed by atoms with Gasteiger partial charge in [0.2, 0.25) is 0 Å². The Morgan fingerprint density at radius 2 is 2.17 bits per heavy atom. The monoisotopic (exact) mass is 248 g/mol. The van der Waals surface area contributed by atoms with Crippen LogP contribution in [-0.2, 0) is 11.2 Å². The molecule has 0 spiro atoms. The van der Waals surface area contributed by atoms with Crippen molar-refractivity contribution >= 4 is 33.2 Å². The van der Waals surface area contributed by atoms with Crippen molar-refractivity contribution < 1.29 is 9.90 Å². The normalized spacial score (nSPS) is 10.2. The van der Waals surface area contributed by atoms with Crippen LogP contribution in [0.25, 0.3) is 0 Å². The van der Waals surface area contributed by atoms with Crippen LogP contribution in [-0.4, -0.2) is 11.1 Å². The largest absolute Gasteiger partial charge is 0.481 e. The van der Waals surface area contributed by atoms with Gasteiger partial charge in [-0.3, -0.25) is 4.79 Å². The summed E-state index contributed by atoms with van der Waals surface area (Å²) in [5.74, 6) is -0.771. The van der Waals surface area contributed by atoms with Crippen molar-refractivity contribution in [2.24, 2.45) is 0 Å². The van der Waals surface area contributed by atoms with Crippen LogP contribution >= 0.6 is 27.3 Å². The maximum absolute atomic E-state index is 10.4. The number of thiophene rings is 1. The van der Waals surface area contributed by atoms with E-state index in [-0.39, 0.29) is 6.42 Å². The molecular formula is C8H9BrO2S. The zero-order valence-corrected chi connectivity index (χ0v) is 9.25. The van der Waals surface area contributed by atoms with Gasteiger partial charge in [0.25, 0.3) is 0 Å². The maximum atomic E-state index is 10.4. The summed E-state index contributed by atoms with van der Waals surface area (Å²) in [7, 11) is 0. The summed E-state index contributed by atoms with van der Waals surface area (Å²) in [5, 5.41) is 8.58. The van der Waals surface area contributed by atoms with Gasteiger partial charge in [-0.25, -0.2) is 0 Å². The first-order valence-corrected chi connectivity index (χ1v) is 5.09. The van der Waals surface area contributed by atoms with E-state index in [4.69, 9.17) is 5.11 Å². The molecule has 0 aromatic carbocycles. The van der Waals surface area contributed by atoms with Crippen LogP contribution in [0.5, 0.6) is 0 Å². The van der Waals surface area contributed by atoms with E-state index in [1.165, 1.54) is 0 Å². The molecule has 0 aliphatic heterocycles. The predicted octanol–water partition coefficient (Wildman–Crippen LogP) is 2.75. The summed E-state index contributed by atoms with van der Waals surface area (Å²) in [6.45, 7) is 3.92. The number of aliphatic carboxylic acids is 1. The van der Waals surface area contributed by atoms with Crippen LogP contribution in [0, 0.1) is 13.8 Å². The molecule has 1 rings (SSSR count). The first kappa shape index (κ1) is 9.74. The zero-order valence-electron chi connectivity index (χ0n) is 6.85. The van der Waals surface area contributed by atoms with Crippen LogP contribution in [0.1, 0.15) is 15.3 Å². The molecule has 0 aliphatic carbocycles. The molecule has 0 amide bonds. The van der Waals surface area contributed by atoms with Crippen molar-refractivity contribution in [3.05, 3.63) is 19.8 Å². The van der Waals surface area contributed by atoms with Gasteiger partial charge < -0.3 is 5.11 Å². The SMILES string of the molecule is Cc1sc(CC(=O)O)c(C)c1Br. The van der Waals surface area contributed by atoms with Crippen molar-refractivity contribution in [3.63, 3.8) is 0 Å². The molecule has 0 unspecified atom stereocenters. The lowest BCUT2D eigenvalue weighted by Crippen LogP contribution is -1.98. The van der Waals surface area contributed by atoms with Gasteiger partial charge in [-0.05, 0) is 35.3 Å². The molecule has 4 heteroatoms. The summed E-state index contributed by atoms with van der Waals surface area (Å²) >= 11 is 4.95. The highest BCUT2D eigenvalue weighted by molar-refractivity contribution is 9.10. The molecule has 0 atom stereocenters. The highest BCUT2D eigenvalue weighted by atomic mass is 79.9. The molecule has 0 aliphatic rings. The van der Waals surface area contributed by atoms with Crippen molar-refractivity contribution in [1.82, 2.24) is 0 Å². The van der Waals surface area contributed by atoms with E-state index in [0.29, 0.717) is 0 Å². The molecule has 1 aromatic rings. The molecule has 0 radical (unpaired) electrons. The van der Waals surface area contributed by atoms with Crippen molar-refractivity contribution in [3.8, 4) is 0 Å². The van der Waals surface area contributed by atoms with E-state index >= 15 is 0 Å². The number of rotatable bonds is 2. The molecule has 0 bridgehead atoms. The third-order valence-corrected chi connectivity index (χ3v) is 4.30. The fourth-order valence-electron chi connectivity index (χ4n) is 0.999. The average molecular weight is 249 g/mol. The van der Waals surface area contributed by atoms with Crippen molar-refractivity contribution in [2.75, 3.05) is 0 Å². The predicted molar refractivity (Wildman–Crippen MR) is 52.8 cm³/mol. The number of halogens is 1. The van der Waals surface area contributed by atoms with Gasteiger partial charge in [0.05, 0.1) is 6.42 Å². The Labute approximate surface area is 83.4 Å². The molecule has 1 N–H and O–H groups in total. The Balaban J connectivity index is 3.01. The molecular weight excluding hydrogens is 240 g/mol. The minimum absolute atomic E-state index is 0.128. The first-order chi connectivity index (χ1) is 5.52. The van der Waals surface area contributed by atoms with Gasteiger partial charge in [-0.1, -0.05) is 0 Å². The number of carboxylic acids is 1. The fourth-order valence-corrected chi connectivity index (χ4v) is 2.68. The lowest BCUT2D eigenvalue weighted by atomic mass is 10.2. The van der Waals surface area contributed by atoms with Gasteiger partial charge in [0.1, 0.15) is 0 Å². The maximum Gasteiger partial charge on any atom is 0.308 e. The van der Waals surface area contributed by atoms with Crippen LogP contribution in [0.2, 0.25) is 0 Å². The molecule has 12 heavy (non-hydrogen) atoms. The zero-order chi connectivity index (χ0) is 9.30. The number of hydrogen-bond acceptors (Lipinski definition) is 2. The van der Waals surface area contributed by atoms with E-state index in [1.807, 2.05) is 13.8 Å². The van der Waals surface area contributed by atoms with E-state index in [1.54, 1.807) is 11.3 Å². The molecule has 0 saturated carbocycles. The van der Waals surface area contributed by atoms with Gasteiger partial charge in [0, 0.05) is 14.2 Å². The van der Waals surface area contributed by atoms with Gasteiger partial charge in [-0.15, -0.1) is 11.3 Å². The van der Waals surface area contributed by atoms with Crippen LogP contribution in [0.15, 0.2) is 4.47 Å². The average Bonchev–Trinajstić information content (AvgIpc) is 2.17. The minimum atomic E-state index is -0.771. The van der Waals surface area contributed by atoms with Crippen LogP contribution in [0.3, 0.4) is 0 Å². The Kier molecular flexibility index (Phi) is 2.90. The molecule has 2 nitrogen and oxygen atoms in total. The Morgan fingerprint density at radius 3 is 2.50 bits per heavy atom. The lowest BCUT2D eigenvalue weighted by molar-refractivity contribution is -0.136. The molecule has 0 fully saturated rings. The quantitative estimate of drug-likeness (QED) is 0.874. The highest BCUT2D eigenvalue weighted by Gasteiger charge is 2.11. The topological polar surface area (TPSA) is 37.3 Å². The van der Waals surface area contributed by atoms with E-state index in [9.17, 15) is 4.79 Å². The van der Waals surface area contributed by atoms with E-state index in [0.717, 1.165) is 19.8 Å². The second-order valence-corrected chi connectivity index (χ2v) is 4.69.